The second-order valence-corrected chi connectivity index (χ2v) is 5.45. The Hall–Kier alpha value is -1.51. The molecule has 21 heavy (non-hydrogen) atoms. The third-order valence-corrected chi connectivity index (χ3v) is 3.80. The first-order valence-electron chi connectivity index (χ1n) is 7.98. The number of hydrogen-bond donors (Lipinski definition) is 0. The van der Waals surface area contributed by atoms with E-state index < -0.39 is 0 Å². The van der Waals surface area contributed by atoms with Crippen LogP contribution in [0, 0.1) is 5.92 Å². The molecule has 1 unspecified atom stereocenters. The predicted octanol–water partition coefficient (Wildman–Crippen LogP) is 4.39. The molecular formula is C18H28O3. The van der Waals surface area contributed by atoms with Gasteiger partial charge in [0.05, 0.1) is 13.7 Å². The van der Waals surface area contributed by atoms with Crippen molar-refractivity contribution in [3.63, 3.8) is 0 Å². The minimum atomic E-state index is -0.0965. The standard InChI is InChI=1S/C18H28O3/c1-4-6-7-15(5-2)14-21-18(19)13-10-16-8-11-17(20-3)12-9-16/h8-9,11-12,15H,4-7,10,13-14H2,1-3H3. The number of methoxy groups -OCH3 is 1. The van der Waals surface area contributed by atoms with Gasteiger partial charge in [0.2, 0.25) is 0 Å². The maximum Gasteiger partial charge on any atom is 0.306 e. The molecule has 0 radical (unpaired) electrons. The molecular weight excluding hydrogens is 264 g/mol. The number of unbranched alkanes of at least 4 members (excludes halogenated alkanes) is 1. The molecule has 0 heterocycles. The summed E-state index contributed by atoms with van der Waals surface area (Å²) < 4.78 is 10.5. The topological polar surface area (TPSA) is 35.5 Å². The Labute approximate surface area is 128 Å². The van der Waals surface area contributed by atoms with Gasteiger partial charge in [-0.3, -0.25) is 4.79 Å². The Bertz CT molecular complexity index is 397. The van der Waals surface area contributed by atoms with Crippen molar-refractivity contribution in [1.29, 1.82) is 0 Å². The van der Waals surface area contributed by atoms with E-state index in [4.69, 9.17) is 9.47 Å². The fourth-order valence-electron chi connectivity index (χ4n) is 2.22. The van der Waals surface area contributed by atoms with Crippen LogP contribution in [-0.2, 0) is 16.0 Å². The number of hydrogen-bond acceptors (Lipinski definition) is 3. The number of aryl methyl sites for hydroxylation is 1. The molecule has 0 amide bonds. The molecule has 0 spiro atoms. The third kappa shape index (κ3) is 7.16. The molecule has 0 bridgehead atoms. The van der Waals surface area contributed by atoms with Crippen molar-refractivity contribution in [2.45, 2.75) is 52.4 Å². The molecule has 0 saturated carbocycles. The zero-order valence-corrected chi connectivity index (χ0v) is 13.6. The van der Waals surface area contributed by atoms with Crippen LogP contribution in [0.5, 0.6) is 5.75 Å². The molecule has 118 valence electrons. The van der Waals surface area contributed by atoms with Gasteiger partial charge in [-0.1, -0.05) is 45.2 Å². The first kappa shape index (κ1) is 17.5. The highest BCUT2D eigenvalue weighted by atomic mass is 16.5. The summed E-state index contributed by atoms with van der Waals surface area (Å²) in [5, 5.41) is 0. The fraction of sp³-hybridized carbons (Fsp3) is 0.611. The molecule has 0 aliphatic heterocycles. The first-order chi connectivity index (χ1) is 10.2. The van der Waals surface area contributed by atoms with Crippen LogP contribution in [0.4, 0.5) is 0 Å². The summed E-state index contributed by atoms with van der Waals surface area (Å²) in [6, 6.07) is 7.81. The minimum absolute atomic E-state index is 0.0965. The lowest BCUT2D eigenvalue weighted by Crippen LogP contribution is -2.14. The molecule has 1 aromatic carbocycles. The van der Waals surface area contributed by atoms with E-state index in [1.807, 2.05) is 24.3 Å². The van der Waals surface area contributed by atoms with E-state index in [-0.39, 0.29) is 5.97 Å². The Balaban J connectivity index is 2.26. The average Bonchev–Trinajstić information content (AvgIpc) is 2.53. The van der Waals surface area contributed by atoms with E-state index in [0.29, 0.717) is 25.4 Å². The highest BCUT2D eigenvalue weighted by Gasteiger charge is 2.10. The number of carbonyl (C=O) groups excluding carboxylic acids is 1. The minimum Gasteiger partial charge on any atom is -0.497 e. The molecule has 0 aliphatic carbocycles. The molecule has 0 fully saturated rings. The van der Waals surface area contributed by atoms with Gasteiger partial charge in [-0.15, -0.1) is 0 Å². The highest BCUT2D eigenvalue weighted by molar-refractivity contribution is 5.69. The predicted molar refractivity (Wildman–Crippen MR) is 85.6 cm³/mol. The van der Waals surface area contributed by atoms with Crippen molar-refractivity contribution in [3.8, 4) is 5.75 Å². The number of esters is 1. The number of carbonyl (C=O) groups is 1. The van der Waals surface area contributed by atoms with Crippen LogP contribution in [0.3, 0.4) is 0 Å². The van der Waals surface area contributed by atoms with E-state index in [9.17, 15) is 4.79 Å². The maximum atomic E-state index is 11.8. The van der Waals surface area contributed by atoms with Gasteiger partial charge < -0.3 is 9.47 Å². The summed E-state index contributed by atoms with van der Waals surface area (Å²) >= 11 is 0. The fourth-order valence-corrected chi connectivity index (χ4v) is 2.22. The maximum absolute atomic E-state index is 11.8. The average molecular weight is 292 g/mol. The van der Waals surface area contributed by atoms with E-state index in [1.54, 1.807) is 7.11 Å². The molecule has 1 rings (SSSR count). The van der Waals surface area contributed by atoms with E-state index in [0.717, 1.165) is 24.2 Å². The lowest BCUT2D eigenvalue weighted by molar-refractivity contribution is -0.145. The molecule has 3 heteroatoms. The van der Waals surface area contributed by atoms with E-state index in [2.05, 4.69) is 13.8 Å². The van der Waals surface area contributed by atoms with E-state index in [1.165, 1.54) is 12.8 Å². The summed E-state index contributed by atoms with van der Waals surface area (Å²) in [6.45, 7) is 4.91. The Morgan fingerprint density at radius 2 is 1.90 bits per heavy atom. The molecule has 0 aliphatic rings. The lowest BCUT2D eigenvalue weighted by atomic mass is 10.0. The second-order valence-electron chi connectivity index (χ2n) is 5.45. The van der Waals surface area contributed by atoms with Crippen molar-refractivity contribution >= 4 is 5.97 Å². The Kier molecular flexibility index (Phi) is 8.56. The molecule has 1 atom stereocenters. The number of benzene rings is 1. The van der Waals surface area contributed by atoms with Crippen LogP contribution in [0.2, 0.25) is 0 Å². The lowest BCUT2D eigenvalue weighted by Gasteiger charge is -2.14. The van der Waals surface area contributed by atoms with Gasteiger partial charge in [0, 0.05) is 6.42 Å². The van der Waals surface area contributed by atoms with Gasteiger partial charge in [-0.05, 0) is 36.5 Å². The van der Waals surface area contributed by atoms with Crippen molar-refractivity contribution in [2.75, 3.05) is 13.7 Å². The molecule has 1 aromatic rings. The summed E-state index contributed by atoms with van der Waals surface area (Å²) in [6.07, 6.45) is 5.79. The Morgan fingerprint density at radius 1 is 1.19 bits per heavy atom. The van der Waals surface area contributed by atoms with Gasteiger partial charge >= 0.3 is 5.97 Å². The van der Waals surface area contributed by atoms with Crippen molar-refractivity contribution in [2.24, 2.45) is 5.92 Å². The smallest absolute Gasteiger partial charge is 0.306 e. The summed E-state index contributed by atoms with van der Waals surface area (Å²) in [7, 11) is 1.65. The van der Waals surface area contributed by atoms with Gasteiger partial charge in [0.25, 0.3) is 0 Å². The zero-order chi connectivity index (χ0) is 15.5. The Morgan fingerprint density at radius 3 is 2.48 bits per heavy atom. The van der Waals surface area contributed by atoms with Crippen molar-refractivity contribution in [3.05, 3.63) is 29.8 Å². The molecule has 0 saturated heterocycles. The summed E-state index contributed by atoms with van der Waals surface area (Å²) in [5.41, 5.74) is 1.13. The van der Waals surface area contributed by atoms with Crippen LogP contribution in [0.15, 0.2) is 24.3 Å². The monoisotopic (exact) mass is 292 g/mol. The zero-order valence-electron chi connectivity index (χ0n) is 13.6. The van der Waals surface area contributed by atoms with Crippen LogP contribution < -0.4 is 4.74 Å². The van der Waals surface area contributed by atoms with Crippen LogP contribution in [0.25, 0.3) is 0 Å². The van der Waals surface area contributed by atoms with Crippen LogP contribution in [0.1, 0.15) is 51.5 Å². The largest absolute Gasteiger partial charge is 0.497 e. The van der Waals surface area contributed by atoms with Gasteiger partial charge in [-0.2, -0.15) is 0 Å². The molecule has 0 N–H and O–H groups in total. The summed E-state index contributed by atoms with van der Waals surface area (Å²) in [4.78, 5) is 11.8. The van der Waals surface area contributed by atoms with Crippen LogP contribution >= 0.6 is 0 Å². The number of ether oxygens (including phenoxy) is 2. The molecule has 0 aromatic heterocycles. The van der Waals surface area contributed by atoms with Crippen molar-refractivity contribution in [1.82, 2.24) is 0 Å². The number of rotatable bonds is 10. The SMILES string of the molecule is CCCCC(CC)COC(=O)CCc1ccc(OC)cc1. The third-order valence-electron chi connectivity index (χ3n) is 3.80. The van der Waals surface area contributed by atoms with Crippen LogP contribution in [-0.4, -0.2) is 19.7 Å². The van der Waals surface area contributed by atoms with Gasteiger partial charge in [-0.25, -0.2) is 0 Å². The van der Waals surface area contributed by atoms with Gasteiger partial charge in [0.1, 0.15) is 5.75 Å². The highest BCUT2D eigenvalue weighted by Crippen LogP contribution is 2.15. The van der Waals surface area contributed by atoms with E-state index >= 15 is 0 Å². The normalized spacial score (nSPS) is 12.0. The first-order valence-corrected chi connectivity index (χ1v) is 7.98. The molecule has 3 nitrogen and oxygen atoms in total. The quantitative estimate of drug-likeness (QED) is 0.600. The van der Waals surface area contributed by atoms with Crippen molar-refractivity contribution < 1.29 is 14.3 Å². The summed E-state index contributed by atoms with van der Waals surface area (Å²) in [5.74, 6) is 1.25. The second kappa shape index (κ2) is 10.3. The van der Waals surface area contributed by atoms with Gasteiger partial charge in [0.15, 0.2) is 0 Å².